The van der Waals surface area contributed by atoms with Crippen LogP contribution in [0.2, 0.25) is 0 Å². The zero-order chi connectivity index (χ0) is 23.6. The van der Waals surface area contributed by atoms with Crippen LogP contribution < -0.4 is 0 Å². The van der Waals surface area contributed by atoms with E-state index in [0.29, 0.717) is 0 Å². The number of phosphoric acid groups is 2. The highest BCUT2D eigenvalue weighted by molar-refractivity contribution is 7.45. The first-order valence-electron chi connectivity index (χ1n) is 10.5. The highest BCUT2D eigenvalue weighted by atomic mass is 31.2. The number of rotatable bonds is 13. The summed E-state index contributed by atoms with van der Waals surface area (Å²) in [5.41, 5.74) is 0. The Hall–Kier alpha value is 0.180. The first kappa shape index (κ1) is 36.5. The van der Waals surface area contributed by atoms with Crippen molar-refractivity contribution in [1.29, 1.82) is 0 Å². The number of aliphatic hydroxyl groups is 1. The lowest BCUT2D eigenvalue weighted by molar-refractivity contribution is 0.272. The van der Waals surface area contributed by atoms with Crippen LogP contribution in [-0.2, 0) is 9.13 Å². The molecule has 182 valence electrons. The summed E-state index contributed by atoms with van der Waals surface area (Å²) in [4.78, 5) is 43.1. The molecule has 0 unspecified atom stereocenters. The molecule has 0 aliphatic carbocycles. The first-order chi connectivity index (χ1) is 13.3. The predicted molar refractivity (Wildman–Crippen MR) is 117 cm³/mol. The summed E-state index contributed by atoms with van der Waals surface area (Å²) in [6.07, 6.45) is 20.4. The third-order valence-corrected chi connectivity index (χ3v) is 3.46. The molecule has 0 saturated carbocycles. The minimum absolute atomic E-state index is 0.250. The Labute approximate surface area is 177 Å². The molecule has 0 radical (unpaired) electrons. The molecule has 0 aliphatic rings. The molecule has 0 aliphatic heterocycles. The van der Waals surface area contributed by atoms with Crippen LogP contribution in [0, 0.1) is 0 Å². The van der Waals surface area contributed by atoms with Gasteiger partial charge in [-0.2, -0.15) is 0 Å². The van der Waals surface area contributed by atoms with Crippen molar-refractivity contribution in [1.82, 2.24) is 0 Å². The van der Waals surface area contributed by atoms with Crippen molar-refractivity contribution in [3.8, 4) is 0 Å². The summed E-state index contributed by atoms with van der Waals surface area (Å²) in [5.74, 6) is 0. The highest BCUT2D eigenvalue weighted by Crippen LogP contribution is 2.26. The van der Waals surface area contributed by atoms with Gasteiger partial charge in [-0.3, -0.25) is 0 Å². The second-order valence-corrected chi connectivity index (χ2v) is 8.64. The summed E-state index contributed by atoms with van der Waals surface area (Å²) in [7, 11) is -9.28. The minimum Gasteiger partial charge on any atom is -0.397 e. The van der Waals surface area contributed by atoms with E-state index in [4.69, 9.17) is 43.6 Å². The normalized spacial score (nSPS) is 10.7. The van der Waals surface area contributed by atoms with Gasteiger partial charge >= 0.3 is 15.6 Å². The Morgan fingerprint density at radius 1 is 0.448 bits per heavy atom. The molecule has 0 fully saturated rings. The maximum absolute atomic E-state index is 8.88. The van der Waals surface area contributed by atoms with Crippen molar-refractivity contribution in [3.63, 3.8) is 0 Å². The Morgan fingerprint density at radius 3 is 0.655 bits per heavy atom. The number of hydrogen-bond acceptors (Lipinski definition) is 3. The van der Waals surface area contributed by atoms with Gasteiger partial charge in [0.05, 0.1) is 0 Å². The molecule has 0 spiro atoms. The number of aliphatic hydroxyl groups excluding tert-OH is 1. The van der Waals surface area contributed by atoms with Gasteiger partial charge in [0.15, 0.2) is 0 Å². The van der Waals surface area contributed by atoms with Crippen LogP contribution in [-0.4, -0.2) is 41.1 Å². The second kappa shape index (κ2) is 28.2. The van der Waals surface area contributed by atoms with Crippen LogP contribution in [0.3, 0.4) is 0 Å². The largest absolute Gasteiger partial charge is 0.466 e. The van der Waals surface area contributed by atoms with E-state index < -0.39 is 15.6 Å². The third kappa shape index (κ3) is 111. The predicted octanol–water partition coefficient (Wildman–Crippen LogP) is 4.63. The maximum atomic E-state index is 8.88. The molecule has 9 nitrogen and oxygen atoms in total. The van der Waals surface area contributed by atoms with Gasteiger partial charge in [-0.1, -0.05) is 104 Å². The Balaban J connectivity index is -0.000000196. The molecule has 0 aromatic rings. The van der Waals surface area contributed by atoms with E-state index >= 15 is 0 Å². The smallest absolute Gasteiger partial charge is 0.397 e. The Morgan fingerprint density at radius 2 is 0.552 bits per heavy atom. The SMILES string of the molecule is CCCCCCCCCCCCCCCC.CCO.O=P(O)(O)O.O=P(O)(O)O. The first-order valence-corrected chi connectivity index (χ1v) is 13.6. The lowest BCUT2D eigenvalue weighted by Crippen LogP contribution is -1.82. The average molecular weight is 469 g/mol. The fourth-order valence-electron chi connectivity index (χ4n) is 2.27. The van der Waals surface area contributed by atoms with Gasteiger partial charge in [-0.05, 0) is 6.92 Å². The summed E-state index contributed by atoms with van der Waals surface area (Å²) >= 11 is 0. The summed E-state index contributed by atoms with van der Waals surface area (Å²) in [6, 6.07) is 0. The fraction of sp³-hybridized carbons (Fsp3) is 1.00. The Bertz CT molecular complexity index is 320. The van der Waals surface area contributed by atoms with E-state index in [1.54, 1.807) is 6.92 Å². The van der Waals surface area contributed by atoms with E-state index in [9.17, 15) is 0 Å². The monoisotopic (exact) mass is 468 g/mol. The van der Waals surface area contributed by atoms with Gasteiger partial charge in [0.25, 0.3) is 0 Å². The third-order valence-electron chi connectivity index (χ3n) is 3.46. The van der Waals surface area contributed by atoms with Gasteiger partial charge in [-0.15, -0.1) is 0 Å². The quantitative estimate of drug-likeness (QED) is 0.150. The minimum atomic E-state index is -4.64. The Kier molecular flexibility index (Phi) is 35.5. The molecule has 0 rings (SSSR count). The lowest BCUT2D eigenvalue weighted by Gasteiger charge is -2.02. The van der Waals surface area contributed by atoms with Gasteiger partial charge in [0, 0.05) is 6.61 Å². The van der Waals surface area contributed by atoms with Gasteiger partial charge in [0.1, 0.15) is 0 Å². The van der Waals surface area contributed by atoms with Crippen LogP contribution in [0.25, 0.3) is 0 Å². The van der Waals surface area contributed by atoms with Gasteiger partial charge < -0.3 is 34.5 Å². The van der Waals surface area contributed by atoms with E-state index in [2.05, 4.69) is 13.8 Å². The van der Waals surface area contributed by atoms with Crippen molar-refractivity contribution in [3.05, 3.63) is 0 Å². The van der Waals surface area contributed by atoms with Gasteiger partial charge in [0.2, 0.25) is 0 Å². The molecule has 0 saturated heterocycles. The molecule has 0 atom stereocenters. The van der Waals surface area contributed by atoms with Crippen LogP contribution in [0.5, 0.6) is 0 Å². The molecule has 0 aromatic heterocycles. The zero-order valence-corrected chi connectivity index (χ0v) is 20.2. The van der Waals surface area contributed by atoms with Crippen molar-refractivity contribution in [2.75, 3.05) is 6.61 Å². The van der Waals surface area contributed by atoms with Crippen molar-refractivity contribution in [2.24, 2.45) is 0 Å². The van der Waals surface area contributed by atoms with Crippen molar-refractivity contribution < 1.29 is 43.6 Å². The van der Waals surface area contributed by atoms with Crippen LogP contribution in [0.15, 0.2) is 0 Å². The molecule has 7 N–H and O–H groups in total. The van der Waals surface area contributed by atoms with E-state index in [0.717, 1.165) is 0 Å². The van der Waals surface area contributed by atoms with E-state index in [-0.39, 0.29) is 6.61 Å². The second-order valence-electron chi connectivity index (χ2n) is 6.59. The topological polar surface area (TPSA) is 176 Å². The van der Waals surface area contributed by atoms with Crippen LogP contribution in [0.1, 0.15) is 111 Å². The number of unbranched alkanes of at least 4 members (excludes halogenated alkanes) is 13. The number of hydrogen-bond donors (Lipinski definition) is 7. The molecule has 0 heterocycles. The van der Waals surface area contributed by atoms with Crippen molar-refractivity contribution in [2.45, 2.75) is 111 Å². The molecule has 29 heavy (non-hydrogen) atoms. The lowest BCUT2D eigenvalue weighted by atomic mass is 10.0. The standard InChI is InChI=1S/C16H34.C2H6O.2H3O4P/c1-3-5-7-9-11-13-15-16-14-12-10-8-6-4-2;1-2-3;2*1-5(2,3)4/h3-16H2,1-2H3;3H,2H2,1H3;2*(H3,1,2,3,4). The molecule has 11 heteroatoms. The summed E-state index contributed by atoms with van der Waals surface area (Å²) in [6.45, 7) is 6.51. The van der Waals surface area contributed by atoms with Crippen molar-refractivity contribution >= 4 is 15.6 Å². The van der Waals surface area contributed by atoms with E-state index in [1.165, 1.54) is 89.9 Å². The summed E-state index contributed by atoms with van der Waals surface area (Å²) in [5, 5.41) is 7.57. The summed E-state index contributed by atoms with van der Waals surface area (Å²) < 4.78 is 17.8. The van der Waals surface area contributed by atoms with E-state index in [1.807, 2.05) is 0 Å². The molecular weight excluding hydrogens is 422 g/mol. The van der Waals surface area contributed by atoms with Crippen LogP contribution >= 0.6 is 15.6 Å². The average Bonchev–Trinajstić information content (AvgIpc) is 2.54. The molecule has 0 aromatic carbocycles. The molecule has 0 amide bonds. The maximum Gasteiger partial charge on any atom is 0.466 e. The van der Waals surface area contributed by atoms with Gasteiger partial charge in [-0.25, -0.2) is 9.13 Å². The zero-order valence-electron chi connectivity index (χ0n) is 18.4. The highest BCUT2D eigenvalue weighted by Gasteiger charge is 2.00. The molecule has 0 bridgehead atoms. The molecular formula is C18H46O9P2. The van der Waals surface area contributed by atoms with Crippen LogP contribution in [0.4, 0.5) is 0 Å². The fourth-order valence-corrected chi connectivity index (χ4v) is 2.27.